The molecule has 1 fully saturated rings. The largest absolute Gasteiger partial charge is 0.493 e. The molecule has 0 spiro atoms. The van der Waals surface area contributed by atoms with Crippen LogP contribution in [0.1, 0.15) is 23.1 Å². The number of nitrogens with zero attached hydrogens (tertiary/aromatic N) is 1. The molecule has 5 nitrogen and oxygen atoms in total. The number of ether oxygens (including phenoxy) is 2. The predicted octanol–water partition coefficient (Wildman–Crippen LogP) is 3.02. The van der Waals surface area contributed by atoms with E-state index in [4.69, 9.17) is 15.2 Å². The summed E-state index contributed by atoms with van der Waals surface area (Å²) in [5, 5.41) is 10.3. The summed E-state index contributed by atoms with van der Waals surface area (Å²) in [5.74, 6) is 1.41. The van der Waals surface area contributed by atoms with Crippen molar-refractivity contribution in [1.82, 2.24) is 4.90 Å². The Labute approximate surface area is 161 Å². The first-order chi connectivity index (χ1) is 13.0. The molecule has 146 valence electrons. The van der Waals surface area contributed by atoms with Gasteiger partial charge in [0.1, 0.15) is 6.61 Å². The van der Waals surface area contributed by atoms with Crippen molar-refractivity contribution in [3.05, 3.63) is 53.1 Å². The van der Waals surface area contributed by atoms with E-state index in [1.807, 2.05) is 24.3 Å². The molecule has 1 heterocycles. The number of aliphatic hydroxyl groups is 1. The Morgan fingerprint density at radius 1 is 1.19 bits per heavy atom. The molecule has 5 heteroatoms. The molecule has 1 saturated heterocycles. The molecular formula is C22H30N2O3. The first kappa shape index (κ1) is 19.5. The Morgan fingerprint density at radius 3 is 2.63 bits per heavy atom. The summed E-state index contributed by atoms with van der Waals surface area (Å²) in [6.45, 7) is 4.32. The number of hydrogen-bond acceptors (Lipinski definition) is 5. The van der Waals surface area contributed by atoms with E-state index in [1.54, 1.807) is 7.11 Å². The fourth-order valence-electron chi connectivity index (χ4n) is 3.65. The summed E-state index contributed by atoms with van der Waals surface area (Å²) < 4.78 is 11.5. The average molecular weight is 370 g/mol. The van der Waals surface area contributed by atoms with E-state index in [-0.39, 0.29) is 12.0 Å². The monoisotopic (exact) mass is 370 g/mol. The summed E-state index contributed by atoms with van der Waals surface area (Å²) in [7, 11) is 3.72. The summed E-state index contributed by atoms with van der Waals surface area (Å²) in [6.07, 6.45) is 1.31. The molecule has 1 aliphatic rings. The second kappa shape index (κ2) is 8.63. The predicted molar refractivity (Wildman–Crippen MR) is 108 cm³/mol. The van der Waals surface area contributed by atoms with Gasteiger partial charge >= 0.3 is 0 Å². The second-order valence-electron chi connectivity index (χ2n) is 7.57. The molecule has 2 aromatic rings. The number of piperidine rings is 1. The van der Waals surface area contributed by atoms with Crippen LogP contribution in [0.5, 0.6) is 11.5 Å². The fourth-order valence-corrected chi connectivity index (χ4v) is 3.65. The van der Waals surface area contributed by atoms with Crippen LogP contribution in [0.15, 0.2) is 36.4 Å². The molecule has 3 N–H and O–H groups in total. The molecule has 1 aliphatic heterocycles. The Bertz CT molecular complexity index is 761. The van der Waals surface area contributed by atoms with Crippen LogP contribution in [0.4, 0.5) is 5.69 Å². The van der Waals surface area contributed by atoms with Gasteiger partial charge in [-0.05, 0) is 50.1 Å². The van der Waals surface area contributed by atoms with Gasteiger partial charge in [0.2, 0.25) is 0 Å². The van der Waals surface area contributed by atoms with E-state index >= 15 is 0 Å². The molecule has 0 aromatic heterocycles. The van der Waals surface area contributed by atoms with Gasteiger partial charge in [-0.3, -0.25) is 0 Å². The lowest BCUT2D eigenvalue weighted by atomic mass is 9.88. The van der Waals surface area contributed by atoms with Gasteiger partial charge in [-0.1, -0.05) is 29.8 Å². The van der Waals surface area contributed by atoms with Crippen LogP contribution in [-0.2, 0) is 13.0 Å². The molecule has 0 aliphatic carbocycles. The zero-order valence-electron chi connectivity index (χ0n) is 16.4. The number of methoxy groups -OCH3 is 1. The molecule has 0 saturated carbocycles. The van der Waals surface area contributed by atoms with Gasteiger partial charge in [0, 0.05) is 19.0 Å². The molecule has 0 amide bonds. The number of anilines is 1. The minimum absolute atomic E-state index is 0.201. The third-order valence-corrected chi connectivity index (χ3v) is 5.26. The smallest absolute Gasteiger partial charge is 0.184 e. The number of aliphatic hydroxyl groups excluding tert-OH is 1. The van der Waals surface area contributed by atoms with Crippen LogP contribution in [0.3, 0.4) is 0 Å². The van der Waals surface area contributed by atoms with Crippen molar-refractivity contribution < 1.29 is 14.6 Å². The lowest BCUT2D eigenvalue weighted by Gasteiger charge is -2.34. The lowest BCUT2D eigenvalue weighted by molar-refractivity contribution is 0.0366. The first-order valence-corrected chi connectivity index (χ1v) is 9.47. The topological polar surface area (TPSA) is 68.0 Å². The maximum absolute atomic E-state index is 10.3. The second-order valence-corrected chi connectivity index (χ2v) is 7.57. The van der Waals surface area contributed by atoms with Crippen molar-refractivity contribution in [1.29, 1.82) is 0 Å². The molecule has 0 radical (unpaired) electrons. The quantitative estimate of drug-likeness (QED) is 0.765. The molecule has 2 atom stereocenters. The zero-order chi connectivity index (χ0) is 19.4. The van der Waals surface area contributed by atoms with Crippen molar-refractivity contribution in [3.63, 3.8) is 0 Å². The minimum Gasteiger partial charge on any atom is -0.493 e. The van der Waals surface area contributed by atoms with E-state index in [1.165, 1.54) is 5.56 Å². The van der Waals surface area contributed by atoms with Gasteiger partial charge in [0.15, 0.2) is 11.5 Å². The van der Waals surface area contributed by atoms with E-state index in [2.05, 4.69) is 31.0 Å². The minimum atomic E-state index is -0.272. The maximum atomic E-state index is 10.3. The highest BCUT2D eigenvalue weighted by Gasteiger charge is 2.26. The van der Waals surface area contributed by atoms with Crippen molar-refractivity contribution >= 4 is 5.69 Å². The average Bonchev–Trinajstić information content (AvgIpc) is 2.65. The number of benzene rings is 2. The van der Waals surface area contributed by atoms with Crippen LogP contribution in [-0.4, -0.2) is 43.4 Å². The number of nitrogen functional groups attached to an aromatic ring is 1. The van der Waals surface area contributed by atoms with Crippen LogP contribution in [0.2, 0.25) is 0 Å². The van der Waals surface area contributed by atoms with E-state index < -0.39 is 0 Å². The van der Waals surface area contributed by atoms with Crippen molar-refractivity contribution in [2.24, 2.45) is 5.92 Å². The number of nitrogens with two attached hydrogens (primary N) is 1. The summed E-state index contributed by atoms with van der Waals surface area (Å²) in [4.78, 5) is 2.26. The number of rotatable bonds is 6. The SMILES string of the molecule is COc1cc(CC2CN(C)CCC2O)cc(N)c1OCc1ccc(C)cc1. The van der Waals surface area contributed by atoms with Crippen molar-refractivity contribution in [3.8, 4) is 11.5 Å². The summed E-state index contributed by atoms with van der Waals surface area (Å²) in [6, 6.07) is 12.1. The van der Waals surface area contributed by atoms with Gasteiger partial charge in [-0.2, -0.15) is 0 Å². The summed E-state index contributed by atoms with van der Waals surface area (Å²) in [5.41, 5.74) is 10.2. The Kier molecular flexibility index (Phi) is 6.24. The molecule has 2 aromatic carbocycles. The Balaban J connectivity index is 1.73. The standard InChI is InChI=1S/C22H30N2O3/c1-15-4-6-16(7-5-15)14-27-22-19(23)11-17(12-21(22)26-3)10-18-13-24(2)9-8-20(18)25/h4-7,11-12,18,20,25H,8-10,13-14,23H2,1-3H3. The third kappa shape index (κ3) is 4.93. The van der Waals surface area contributed by atoms with E-state index in [0.29, 0.717) is 23.8 Å². The van der Waals surface area contributed by atoms with Crippen LogP contribution >= 0.6 is 0 Å². The highest BCUT2D eigenvalue weighted by atomic mass is 16.5. The van der Waals surface area contributed by atoms with E-state index in [0.717, 1.165) is 37.1 Å². The summed E-state index contributed by atoms with van der Waals surface area (Å²) >= 11 is 0. The molecular weight excluding hydrogens is 340 g/mol. The number of hydrogen-bond donors (Lipinski definition) is 2. The highest BCUT2D eigenvalue weighted by Crippen LogP contribution is 2.36. The van der Waals surface area contributed by atoms with Crippen LogP contribution in [0, 0.1) is 12.8 Å². The molecule has 27 heavy (non-hydrogen) atoms. The molecule has 0 bridgehead atoms. The van der Waals surface area contributed by atoms with Crippen molar-refractivity contribution in [2.45, 2.75) is 32.5 Å². The van der Waals surface area contributed by atoms with Gasteiger partial charge in [0.05, 0.1) is 18.9 Å². The zero-order valence-corrected chi connectivity index (χ0v) is 16.4. The van der Waals surface area contributed by atoms with Gasteiger partial charge < -0.3 is 25.2 Å². The van der Waals surface area contributed by atoms with E-state index in [9.17, 15) is 5.11 Å². The van der Waals surface area contributed by atoms with Crippen LogP contribution < -0.4 is 15.2 Å². The van der Waals surface area contributed by atoms with Gasteiger partial charge in [-0.25, -0.2) is 0 Å². The highest BCUT2D eigenvalue weighted by molar-refractivity contribution is 5.62. The van der Waals surface area contributed by atoms with Gasteiger partial charge in [0.25, 0.3) is 0 Å². The first-order valence-electron chi connectivity index (χ1n) is 9.47. The van der Waals surface area contributed by atoms with Crippen molar-refractivity contribution in [2.75, 3.05) is 33.0 Å². The van der Waals surface area contributed by atoms with Gasteiger partial charge in [-0.15, -0.1) is 0 Å². The molecule has 3 rings (SSSR count). The van der Waals surface area contributed by atoms with Crippen LogP contribution in [0.25, 0.3) is 0 Å². The normalized spacial score (nSPS) is 20.4. The Hall–Kier alpha value is -2.24. The third-order valence-electron chi connectivity index (χ3n) is 5.26. The number of aryl methyl sites for hydroxylation is 1. The number of likely N-dealkylation sites (tertiary alicyclic amines) is 1. The maximum Gasteiger partial charge on any atom is 0.184 e. The molecule has 2 unspecified atom stereocenters. The Morgan fingerprint density at radius 2 is 1.93 bits per heavy atom. The lowest BCUT2D eigenvalue weighted by Crippen LogP contribution is -2.41. The fraction of sp³-hybridized carbons (Fsp3) is 0.455.